The van der Waals surface area contributed by atoms with Crippen molar-refractivity contribution < 1.29 is 13.6 Å². The van der Waals surface area contributed by atoms with Gasteiger partial charge < -0.3 is 10.2 Å². The monoisotopic (exact) mass is 434 g/mol. The number of hydrogen-bond acceptors (Lipinski definition) is 4. The van der Waals surface area contributed by atoms with Crippen molar-refractivity contribution in [2.75, 3.05) is 6.54 Å². The molecular formula is C19H17B4ClF2N4O. The lowest BCUT2D eigenvalue weighted by molar-refractivity contribution is 0.0103. The molecule has 1 unspecified atom stereocenters. The molecule has 8 radical (unpaired) electrons. The van der Waals surface area contributed by atoms with Crippen molar-refractivity contribution in [2.24, 2.45) is 0 Å². The maximum Gasteiger partial charge on any atom is 0.253 e. The van der Waals surface area contributed by atoms with Crippen molar-refractivity contribution in [3.05, 3.63) is 58.4 Å². The highest BCUT2D eigenvalue weighted by Gasteiger charge is 2.52. The molecule has 152 valence electrons. The number of carbonyl (C=O) groups is 1. The molecule has 2 heterocycles. The second-order valence-corrected chi connectivity index (χ2v) is 8.28. The Morgan fingerprint density at radius 1 is 1.32 bits per heavy atom. The van der Waals surface area contributed by atoms with E-state index in [1.807, 2.05) is 6.92 Å². The van der Waals surface area contributed by atoms with Crippen molar-refractivity contribution in [3.63, 3.8) is 0 Å². The van der Waals surface area contributed by atoms with Gasteiger partial charge in [0.25, 0.3) is 5.91 Å². The third-order valence-electron chi connectivity index (χ3n) is 5.32. The Morgan fingerprint density at radius 3 is 2.55 bits per heavy atom. The summed E-state index contributed by atoms with van der Waals surface area (Å²) >= 11 is 5.75. The molecule has 1 aliphatic heterocycles. The molecule has 1 aromatic heterocycles. The van der Waals surface area contributed by atoms with E-state index in [2.05, 4.69) is 15.3 Å². The Balaban J connectivity index is 1.74. The third-order valence-corrected chi connectivity index (χ3v) is 5.61. The minimum absolute atomic E-state index is 0.0117. The number of hydrogen-bond donors (Lipinski definition) is 1. The van der Waals surface area contributed by atoms with Crippen LogP contribution < -0.4 is 5.32 Å². The van der Waals surface area contributed by atoms with E-state index in [0.717, 1.165) is 22.6 Å². The van der Waals surface area contributed by atoms with Gasteiger partial charge in [-0.2, -0.15) is 0 Å². The highest BCUT2D eigenvalue weighted by Crippen LogP contribution is 2.40. The van der Waals surface area contributed by atoms with E-state index >= 15 is 4.39 Å². The summed E-state index contributed by atoms with van der Waals surface area (Å²) in [7, 11) is 24.3. The zero-order chi connectivity index (χ0) is 23.0. The Morgan fingerprint density at radius 2 is 1.97 bits per heavy atom. The van der Waals surface area contributed by atoms with Gasteiger partial charge in [-0.1, -0.05) is 11.6 Å². The third kappa shape index (κ3) is 4.98. The standard InChI is InChI=1S/C19H17B4ClF2N4O/c1-11-7-27-15(28-8-11)9-29-19(22,23)17(26)4-5-30(18(20,21)10-17)16(31)12-2-3-14(25)13(24)6-12/h2-3,6-8,29H,4-5,9-10H2,1H3. The van der Waals surface area contributed by atoms with Crippen molar-refractivity contribution in [3.8, 4) is 0 Å². The molecule has 0 aliphatic carbocycles. The number of aryl methyl sites for hydroxylation is 1. The quantitative estimate of drug-likeness (QED) is 0.722. The van der Waals surface area contributed by atoms with Gasteiger partial charge in [0.05, 0.1) is 43.0 Å². The first kappa shape index (κ1) is 23.8. The topological polar surface area (TPSA) is 58.1 Å². The Bertz CT molecular complexity index is 980. The molecule has 31 heavy (non-hydrogen) atoms. The Labute approximate surface area is 190 Å². The molecule has 1 fully saturated rings. The summed E-state index contributed by atoms with van der Waals surface area (Å²) in [4.78, 5) is 22.2. The largest absolute Gasteiger partial charge is 0.350 e. The molecule has 1 N–H and O–H groups in total. The fourth-order valence-corrected chi connectivity index (χ4v) is 3.63. The van der Waals surface area contributed by atoms with Gasteiger partial charge in [0.15, 0.2) is 0 Å². The summed E-state index contributed by atoms with van der Waals surface area (Å²) in [5.74, 6) is -0.914. The molecule has 3 rings (SSSR count). The number of carbonyl (C=O) groups excluding carboxylic acids is 1. The lowest BCUT2D eigenvalue weighted by Crippen LogP contribution is -2.70. The number of likely N-dealkylation sites (tertiary alicyclic amines) is 1. The molecule has 2 aromatic rings. The van der Waals surface area contributed by atoms with Crippen LogP contribution in [0, 0.1) is 12.7 Å². The average molecular weight is 434 g/mol. The van der Waals surface area contributed by atoms with Crippen LogP contribution in [0.5, 0.6) is 0 Å². The van der Waals surface area contributed by atoms with Gasteiger partial charge in [-0.05, 0) is 54.2 Å². The summed E-state index contributed by atoms with van der Waals surface area (Å²) < 4.78 is 29.3. The summed E-state index contributed by atoms with van der Waals surface area (Å²) in [6.07, 6.45) is 2.44. The average Bonchev–Trinajstić information content (AvgIpc) is 2.68. The van der Waals surface area contributed by atoms with Gasteiger partial charge in [0.1, 0.15) is 17.3 Å². The molecule has 1 atom stereocenters. The maximum absolute atomic E-state index is 15.8. The van der Waals surface area contributed by atoms with Crippen molar-refractivity contribution in [2.45, 2.75) is 42.7 Å². The van der Waals surface area contributed by atoms with E-state index in [9.17, 15) is 9.18 Å². The van der Waals surface area contributed by atoms with E-state index < -0.39 is 34.5 Å². The first-order valence-electron chi connectivity index (χ1n) is 9.49. The van der Waals surface area contributed by atoms with E-state index in [1.54, 1.807) is 12.4 Å². The molecule has 0 saturated carbocycles. The maximum atomic E-state index is 15.8. The number of nitrogens with zero attached hydrogens (tertiary/aromatic N) is 3. The number of alkyl halides is 1. The second kappa shape index (κ2) is 8.58. The molecule has 12 heteroatoms. The van der Waals surface area contributed by atoms with E-state index in [4.69, 9.17) is 43.0 Å². The summed E-state index contributed by atoms with van der Waals surface area (Å²) in [5, 5.41) is -1.45. The van der Waals surface area contributed by atoms with Crippen LogP contribution in [0.15, 0.2) is 30.6 Å². The second-order valence-electron chi connectivity index (χ2n) is 7.87. The van der Waals surface area contributed by atoms with Crippen LogP contribution in [0.1, 0.15) is 34.6 Å². The van der Waals surface area contributed by atoms with E-state index in [0.29, 0.717) is 5.82 Å². The fraction of sp³-hybridized carbons (Fsp3) is 0.421. The fourth-order valence-electron chi connectivity index (χ4n) is 3.45. The number of benzene rings is 1. The van der Waals surface area contributed by atoms with Crippen molar-refractivity contribution in [1.82, 2.24) is 20.2 Å². The van der Waals surface area contributed by atoms with Gasteiger partial charge in [-0.3, -0.25) is 4.79 Å². The van der Waals surface area contributed by atoms with E-state index in [1.165, 1.54) is 6.07 Å². The normalized spacial score (nSPS) is 21.1. The Kier molecular flexibility index (Phi) is 6.59. The minimum atomic E-state index is -2.25. The van der Waals surface area contributed by atoms with Gasteiger partial charge in [-0.25, -0.2) is 18.7 Å². The van der Waals surface area contributed by atoms with Crippen LogP contribution in [-0.4, -0.2) is 75.0 Å². The molecule has 1 aromatic carbocycles. The zero-order valence-electron chi connectivity index (χ0n) is 16.9. The first-order valence-corrected chi connectivity index (χ1v) is 9.86. The molecular weight excluding hydrogens is 417 g/mol. The molecule has 0 spiro atoms. The number of aromatic nitrogens is 2. The van der Waals surface area contributed by atoms with Crippen molar-refractivity contribution in [1.29, 1.82) is 0 Å². The highest BCUT2D eigenvalue weighted by atomic mass is 35.5. The Hall–Kier alpha value is -1.86. The number of nitrogens with one attached hydrogen (secondary N) is 1. The van der Waals surface area contributed by atoms with Gasteiger partial charge in [0, 0.05) is 24.5 Å². The summed E-state index contributed by atoms with van der Waals surface area (Å²) in [6, 6.07) is 3.46. The smallest absolute Gasteiger partial charge is 0.253 e. The molecule has 1 amide bonds. The van der Waals surface area contributed by atoms with Gasteiger partial charge in [0.2, 0.25) is 0 Å². The SMILES string of the molecule is [B]C1([B])CC(F)(C([B])([B])NCc2ncc(C)cn2)CCN1C(=O)c1ccc(F)c(Cl)c1. The van der Waals surface area contributed by atoms with Gasteiger partial charge >= 0.3 is 0 Å². The van der Waals surface area contributed by atoms with Crippen LogP contribution in [0.3, 0.4) is 0 Å². The number of amides is 1. The van der Waals surface area contributed by atoms with Crippen LogP contribution in [0.2, 0.25) is 5.02 Å². The van der Waals surface area contributed by atoms with Crippen LogP contribution >= 0.6 is 11.6 Å². The van der Waals surface area contributed by atoms with Gasteiger partial charge in [-0.15, -0.1) is 0 Å². The first-order chi connectivity index (χ1) is 14.3. The highest BCUT2D eigenvalue weighted by molar-refractivity contribution is 6.43. The van der Waals surface area contributed by atoms with Crippen molar-refractivity contribution >= 4 is 48.9 Å². The minimum Gasteiger partial charge on any atom is -0.350 e. The van der Waals surface area contributed by atoms with Crippen LogP contribution in [-0.2, 0) is 6.54 Å². The number of piperidine rings is 1. The van der Waals surface area contributed by atoms with Crippen LogP contribution in [0.25, 0.3) is 0 Å². The molecule has 1 saturated heterocycles. The predicted octanol–water partition coefficient (Wildman–Crippen LogP) is 1.29. The summed E-state index contributed by atoms with van der Waals surface area (Å²) in [5.41, 5.74) is -1.31. The summed E-state index contributed by atoms with van der Waals surface area (Å²) in [6.45, 7) is 1.68. The lowest BCUT2D eigenvalue weighted by atomic mass is 9.45. The van der Waals surface area contributed by atoms with E-state index in [-0.39, 0.29) is 30.1 Å². The molecule has 0 bridgehead atoms. The van der Waals surface area contributed by atoms with Crippen LogP contribution in [0.4, 0.5) is 8.78 Å². The number of rotatable bonds is 5. The molecule has 1 aliphatic rings. The molecule has 5 nitrogen and oxygen atoms in total. The zero-order valence-corrected chi connectivity index (χ0v) is 17.7. The predicted molar refractivity (Wildman–Crippen MR) is 118 cm³/mol. The lowest BCUT2D eigenvalue weighted by Gasteiger charge is -2.55. The number of halogens is 3.